The maximum Gasteiger partial charge on any atom is 0.234 e. The molecule has 6 heteroatoms. The van der Waals surface area contributed by atoms with Gasteiger partial charge < -0.3 is 14.8 Å². The zero-order valence-corrected chi connectivity index (χ0v) is 11.8. The normalized spacial score (nSPS) is 11.2. The van der Waals surface area contributed by atoms with E-state index in [0.29, 0.717) is 13.1 Å². The van der Waals surface area contributed by atoms with Gasteiger partial charge in [-0.25, -0.2) is 0 Å². The summed E-state index contributed by atoms with van der Waals surface area (Å²) in [4.78, 5) is 14.9. The summed E-state index contributed by atoms with van der Waals surface area (Å²) in [5.74, 6) is -0.0341. The number of ether oxygens (including phenoxy) is 2. The van der Waals surface area contributed by atoms with Crippen molar-refractivity contribution < 1.29 is 14.3 Å². The summed E-state index contributed by atoms with van der Waals surface area (Å²) in [5.41, 5.74) is 0. The highest BCUT2D eigenvalue weighted by Gasteiger charge is 2.10. The first-order chi connectivity index (χ1) is 8.65. The van der Waals surface area contributed by atoms with Crippen molar-refractivity contribution in [1.82, 2.24) is 10.2 Å². The molecular formula is C12H20N2O3S. The Hall–Kier alpha value is -0.950. The molecule has 0 aliphatic carbocycles. The Bertz CT molecular complexity index is 339. The largest absolute Gasteiger partial charge is 0.354 e. The molecule has 102 valence electrons. The number of nitrogens with zero attached hydrogens (tertiary/aromatic N) is 1. The molecule has 0 saturated carbocycles. The van der Waals surface area contributed by atoms with Gasteiger partial charge in [-0.1, -0.05) is 6.07 Å². The van der Waals surface area contributed by atoms with Gasteiger partial charge in [0.25, 0.3) is 0 Å². The average Bonchev–Trinajstić information content (AvgIpc) is 2.82. The number of thiophene rings is 1. The van der Waals surface area contributed by atoms with Crippen molar-refractivity contribution >= 4 is 17.2 Å². The highest BCUT2D eigenvalue weighted by molar-refractivity contribution is 7.09. The minimum atomic E-state index is -0.392. The molecule has 0 aliphatic heterocycles. The molecule has 0 fully saturated rings. The summed E-state index contributed by atoms with van der Waals surface area (Å²) in [5, 5.41) is 4.80. The van der Waals surface area contributed by atoms with E-state index in [1.54, 1.807) is 25.6 Å². The van der Waals surface area contributed by atoms with Gasteiger partial charge in [-0.15, -0.1) is 11.3 Å². The molecule has 0 aliphatic rings. The van der Waals surface area contributed by atoms with Crippen LogP contribution in [0, 0.1) is 0 Å². The van der Waals surface area contributed by atoms with Crippen molar-refractivity contribution in [2.75, 3.05) is 34.4 Å². The SMILES string of the molecule is COC(CNC(=O)CN(C)Cc1cccs1)OC. The average molecular weight is 272 g/mol. The zero-order valence-electron chi connectivity index (χ0n) is 11.0. The molecule has 1 aromatic heterocycles. The van der Waals surface area contributed by atoms with Gasteiger partial charge in [-0.3, -0.25) is 9.69 Å². The van der Waals surface area contributed by atoms with E-state index in [4.69, 9.17) is 9.47 Å². The number of hydrogen-bond donors (Lipinski definition) is 1. The molecule has 1 rings (SSSR count). The number of carbonyl (C=O) groups excluding carboxylic acids is 1. The standard InChI is InChI=1S/C12H20N2O3S/c1-14(8-10-5-4-6-18-10)9-11(15)13-7-12(16-2)17-3/h4-6,12H,7-9H2,1-3H3,(H,13,15). The third-order valence-corrected chi connectivity index (χ3v) is 3.27. The summed E-state index contributed by atoms with van der Waals surface area (Å²) in [6, 6.07) is 4.07. The first kappa shape index (κ1) is 15.1. The highest BCUT2D eigenvalue weighted by Crippen LogP contribution is 2.10. The molecule has 18 heavy (non-hydrogen) atoms. The van der Waals surface area contributed by atoms with Gasteiger partial charge in [-0.05, 0) is 18.5 Å². The predicted molar refractivity (Wildman–Crippen MR) is 71.5 cm³/mol. The maximum absolute atomic E-state index is 11.7. The summed E-state index contributed by atoms with van der Waals surface area (Å²) in [6.07, 6.45) is -0.392. The van der Waals surface area contributed by atoms with Crippen molar-refractivity contribution in [3.63, 3.8) is 0 Å². The van der Waals surface area contributed by atoms with Gasteiger partial charge in [0, 0.05) is 25.6 Å². The summed E-state index contributed by atoms with van der Waals surface area (Å²) < 4.78 is 9.98. The number of methoxy groups -OCH3 is 2. The molecular weight excluding hydrogens is 252 g/mol. The smallest absolute Gasteiger partial charge is 0.234 e. The Morgan fingerprint density at radius 2 is 2.22 bits per heavy atom. The van der Waals surface area contributed by atoms with Gasteiger partial charge in [0.15, 0.2) is 6.29 Å². The van der Waals surface area contributed by atoms with Crippen LogP contribution in [0.15, 0.2) is 17.5 Å². The fourth-order valence-electron chi connectivity index (χ4n) is 1.49. The van der Waals surface area contributed by atoms with Crippen LogP contribution in [0.5, 0.6) is 0 Å². The van der Waals surface area contributed by atoms with Crippen molar-refractivity contribution in [2.45, 2.75) is 12.8 Å². The predicted octanol–water partition coefficient (Wildman–Crippen LogP) is 0.915. The molecule has 1 N–H and O–H groups in total. The lowest BCUT2D eigenvalue weighted by Crippen LogP contribution is -2.39. The van der Waals surface area contributed by atoms with Crippen molar-refractivity contribution in [3.8, 4) is 0 Å². The number of nitrogens with one attached hydrogen (secondary N) is 1. The Morgan fingerprint density at radius 3 is 2.78 bits per heavy atom. The molecule has 1 heterocycles. The van der Waals surface area contributed by atoms with Gasteiger partial charge in [0.05, 0.1) is 13.1 Å². The van der Waals surface area contributed by atoms with Crippen LogP contribution in [0.1, 0.15) is 4.88 Å². The third kappa shape index (κ3) is 5.59. The van der Waals surface area contributed by atoms with Crippen LogP contribution in [0.3, 0.4) is 0 Å². The number of carbonyl (C=O) groups is 1. The van der Waals surface area contributed by atoms with Crippen LogP contribution in [0.2, 0.25) is 0 Å². The molecule has 1 amide bonds. The number of amides is 1. The second kappa shape index (κ2) is 8.20. The third-order valence-electron chi connectivity index (χ3n) is 2.41. The second-order valence-electron chi connectivity index (χ2n) is 3.96. The van der Waals surface area contributed by atoms with Crippen LogP contribution in [-0.2, 0) is 20.8 Å². The van der Waals surface area contributed by atoms with Gasteiger partial charge >= 0.3 is 0 Å². The molecule has 0 radical (unpaired) electrons. The Kier molecular flexibility index (Phi) is 6.89. The lowest BCUT2D eigenvalue weighted by Gasteiger charge is -2.17. The summed E-state index contributed by atoms with van der Waals surface area (Å²) >= 11 is 1.69. The van der Waals surface area contributed by atoms with Crippen LogP contribution < -0.4 is 5.32 Å². The van der Waals surface area contributed by atoms with E-state index >= 15 is 0 Å². The van der Waals surface area contributed by atoms with E-state index in [0.717, 1.165) is 6.54 Å². The lowest BCUT2D eigenvalue weighted by atomic mass is 10.4. The van der Waals surface area contributed by atoms with E-state index in [-0.39, 0.29) is 5.91 Å². The van der Waals surface area contributed by atoms with E-state index in [9.17, 15) is 4.79 Å². The molecule has 0 bridgehead atoms. The number of likely N-dealkylation sites (N-methyl/N-ethyl adjacent to an activating group) is 1. The molecule has 0 atom stereocenters. The minimum Gasteiger partial charge on any atom is -0.354 e. The van der Waals surface area contributed by atoms with Crippen LogP contribution in [0.25, 0.3) is 0 Å². The molecule has 0 aromatic carbocycles. The van der Waals surface area contributed by atoms with Crippen LogP contribution in [0.4, 0.5) is 0 Å². The fourth-order valence-corrected chi connectivity index (χ4v) is 2.27. The first-order valence-corrected chi connectivity index (χ1v) is 6.57. The second-order valence-corrected chi connectivity index (χ2v) is 4.99. The van der Waals surface area contributed by atoms with Crippen molar-refractivity contribution in [1.29, 1.82) is 0 Å². The van der Waals surface area contributed by atoms with Crippen molar-refractivity contribution in [2.24, 2.45) is 0 Å². The highest BCUT2D eigenvalue weighted by atomic mass is 32.1. The summed E-state index contributed by atoms with van der Waals surface area (Å²) in [7, 11) is 5.01. The van der Waals surface area contributed by atoms with E-state index in [1.807, 2.05) is 23.4 Å². The van der Waals surface area contributed by atoms with Gasteiger partial charge in [0.1, 0.15) is 0 Å². The van der Waals surface area contributed by atoms with Crippen LogP contribution >= 0.6 is 11.3 Å². The fraction of sp³-hybridized carbons (Fsp3) is 0.583. The monoisotopic (exact) mass is 272 g/mol. The molecule has 0 spiro atoms. The molecule has 0 saturated heterocycles. The van der Waals surface area contributed by atoms with Crippen molar-refractivity contribution in [3.05, 3.63) is 22.4 Å². The van der Waals surface area contributed by atoms with Crippen LogP contribution in [-0.4, -0.2) is 51.5 Å². The van der Waals surface area contributed by atoms with E-state index in [2.05, 4.69) is 11.4 Å². The molecule has 5 nitrogen and oxygen atoms in total. The summed E-state index contributed by atoms with van der Waals surface area (Å²) in [6.45, 7) is 1.50. The Morgan fingerprint density at radius 1 is 1.50 bits per heavy atom. The van der Waals surface area contributed by atoms with E-state index in [1.165, 1.54) is 4.88 Å². The number of rotatable bonds is 8. The lowest BCUT2D eigenvalue weighted by molar-refractivity contribution is -0.128. The topological polar surface area (TPSA) is 50.8 Å². The van der Waals surface area contributed by atoms with Gasteiger partial charge in [0.2, 0.25) is 5.91 Å². The van der Waals surface area contributed by atoms with Gasteiger partial charge in [-0.2, -0.15) is 0 Å². The molecule has 1 aromatic rings. The Balaban J connectivity index is 2.23. The van der Waals surface area contributed by atoms with E-state index < -0.39 is 6.29 Å². The maximum atomic E-state index is 11.7. The first-order valence-electron chi connectivity index (χ1n) is 5.69. The number of hydrogen-bond acceptors (Lipinski definition) is 5. The quantitative estimate of drug-likeness (QED) is 0.715. The minimum absolute atomic E-state index is 0.0341. The Labute approximate surface area is 112 Å². The molecule has 0 unspecified atom stereocenters. The zero-order chi connectivity index (χ0) is 13.4.